The second kappa shape index (κ2) is 6.19. The van der Waals surface area contributed by atoms with Crippen molar-refractivity contribution in [1.29, 1.82) is 0 Å². The molecule has 2 N–H and O–H groups in total. The third kappa shape index (κ3) is 3.64. The summed E-state index contributed by atoms with van der Waals surface area (Å²) in [5.74, 6) is 0.183. The summed E-state index contributed by atoms with van der Waals surface area (Å²) in [4.78, 5) is 7.38. The highest BCUT2D eigenvalue weighted by atomic mass is 19.4. The van der Waals surface area contributed by atoms with Gasteiger partial charge in [0.15, 0.2) is 5.69 Å². The third-order valence-corrected chi connectivity index (χ3v) is 4.07. The highest BCUT2D eigenvalue weighted by Gasteiger charge is 2.38. The Morgan fingerprint density at radius 1 is 1.30 bits per heavy atom. The standard InChI is InChI=1S/C15H17F3N4O/c16-15(17,18)14-11(2-1-3-20-14)21-12-6-10(7-13(12)23)8-22-5-4-19-9-22/h1-5,9-10,12-13,21,23H,6-8H2/t10?,12-,13-/m1/s1. The molecule has 3 atom stereocenters. The highest BCUT2D eigenvalue weighted by molar-refractivity contribution is 5.50. The molecule has 3 rings (SSSR count). The van der Waals surface area contributed by atoms with Crippen LogP contribution in [0.25, 0.3) is 0 Å². The maximum atomic E-state index is 13.0. The molecule has 1 fully saturated rings. The summed E-state index contributed by atoms with van der Waals surface area (Å²) in [6.45, 7) is 0.689. The van der Waals surface area contributed by atoms with Crippen molar-refractivity contribution in [2.24, 2.45) is 5.92 Å². The number of nitrogens with one attached hydrogen (secondary N) is 1. The first-order valence-electron chi connectivity index (χ1n) is 7.36. The van der Waals surface area contributed by atoms with Gasteiger partial charge in [0, 0.05) is 25.1 Å². The minimum atomic E-state index is -4.52. The van der Waals surface area contributed by atoms with E-state index in [1.54, 1.807) is 12.5 Å². The topological polar surface area (TPSA) is 63.0 Å². The monoisotopic (exact) mass is 326 g/mol. The summed E-state index contributed by atoms with van der Waals surface area (Å²) in [7, 11) is 0. The number of nitrogens with zero attached hydrogens (tertiary/aromatic N) is 3. The molecule has 0 aromatic carbocycles. The summed E-state index contributed by atoms with van der Waals surface area (Å²) in [5.41, 5.74) is -1.04. The average molecular weight is 326 g/mol. The fourth-order valence-electron chi connectivity index (χ4n) is 3.06. The van der Waals surface area contributed by atoms with Crippen LogP contribution < -0.4 is 5.32 Å². The summed E-state index contributed by atoms with van der Waals surface area (Å²) in [6, 6.07) is 2.36. The van der Waals surface area contributed by atoms with Crippen molar-refractivity contribution in [2.75, 3.05) is 5.32 Å². The molecule has 5 nitrogen and oxygen atoms in total. The van der Waals surface area contributed by atoms with Gasteiger partial charge in [0.1, 0.15) is 0 Å². The molecule has 2 aromatic heterocycles. The van der Waals surface area contributed by atoms with E-state index in [0.717, 1.165) is 6.20 Å². The number of rotatable bonds is 4. The van der Waals surface area contributed by atoms with E-state index in [1.807, 2.05) is 10.8 Å². The number of aliphatic hydroxyl groups is 1. The second-order valence-corrected chi connectivity index (χ2v) is 5.81. The minimum Gasteiger partial charge on any atom is -0.391 e. The van der Waals surface area contributed by atoms with E-state index in [2.05, 4.69) is 15.3 Å². The lowest BCUT2D eigenvalue weighted by molar-refractivity contribution is -0.140. The zero-order chi connectivity index (χ0) is 16.4. The van der Waals surface area contributed by atoms with Crippen molar-refractivity contribution >= 4 is 5.69 Å². The smallest absolute Gasteiger partial charge is 0.391 e. The van der Waals surface area contributed by atoms with Crippen LogP contribution in [-0.4, -0.2) is 31.8 Å². The molecule has 2 aromatic rings. The van der Waals surface area contributed by atoms with Crippen LogP contribution in [0.5, 0.6) is 0 Å². The molecule has 0 saturated heterocycles. The lowest BCUT2D eigenvalue weighted by Crippen LogP contribution is -2.29. The van der Waals surface area contributed by atoms with Gasteiger partial charge in [-0.2, -0.15) is 13.2 Å². The van der Waals surface area contributed by atoms with Crippen LogP contribution in [0.15, 0.2) is 37.1 Å². The van der Waals surface area contributed by atoms with Crippen LogP contribution in [-0.2, 0) is 12.7 Å². The SMILES string of the molecule is O[C@@H]1CC(Cn2ccnc2)C[C@H]1Nc1cccnc1C(F)(F)F. The van der Waals surface area contributed by atoms with E-state index in [9.17, 15) is 18.3 Å². The molecule has 1 saturated carbocycles. The van der Waals surface area contributed by atoms with Crippen LogP contribution in [0.4, 0.5) is 18.9 Å². The van der Waals surface area contributed by atoms with Crippen molar-refractivity contribution in [3.63, 3.8) is 0 Å². The van der Waals surface area contributed by atoms with Gasteiger partial charge in [-0.15, -0.1) is 0 Å². The molecule has 1 aliphatic rings. The summed E-state index contributed by atoms with van der Waals surface area (Å²) >= 11 is 0. The maximum absolute atomic E-state index is 13.0. The van der Waals surface area contributed by atoms with Gasteiger partial charge in [-0.3, -0.25) is 0 Å². The zero-order valence-corrected chi connectivity index (χ0v) is 12.2. The largest absolute Gasteiger partial charge is 0.435 e. The van der Waals surface area contributed by atoms with Gasteiger partial charge in [0.05, 0.1) is 24.2 Å². The first kappa shape index (κ1) is 15.8. The molecule has 8 heteroatoms. The van der Waals surface area contributed by atoms with E-state index in [4.69, 9.17) is 0 Å². The Balaban J connectivity index is 1.69. The minimum absolute atomic E-state index is 0.0904. The number of hydrogen-bond donors (Lipinski definition) is 2. The van der Waals surface area contributed by atoms with E-state index < -0.39 is 24.0 Å². The van der Waals surface area contributed by atoms with Crippen molar-refractivity contribution in [3.8, 4) is 0 Å². The Morgan fingerprint density at radius 2 is 2.13 bits per heavy atom. The van der Waals surface area contributed by atoms with Gasteiger partial charge in [0.25, 0.3) is 0 Å². The van der Waals surface area contributed by atoms with E-state index in [-0.39, 0.29) is 11.6 Å². The Kier molecular flexibility index (Phi) is 4.25. The Hall–Kier alpha value is -2.09. The number of aliphatic hydroxyl groups excluding tert-OH is 1. The normalized spacial score (nSPS) is 24.8. The molecule has 0 spiro atoms. The van der Waals surface area contributed by atoms with Crippen molar-refractivity contribution < 1.29 is 18.3 Å². The fourth-order valence-corrected chi connectivity index (χ4v) is 3.06. The number of imidazole rings is 1. The molecule has 124 valence electrons. The van der Waals surface area contributed by atoms with Gasteiger partial charge in [-0.1, -0.05) is 0 Å². The molecule has 1 unspecified atom stereocenters. The van der Waals surface area contributed by atoms with Crippen LogP contribution in [0.3, 0.4) is 0 Å². The average Bonchev–Trinajstić information content (AvgIpc) is 3.09. The van der Waals surface area contributed by atoms with Gasteiger partial charge in [-0.25, -0.2) is 9.97 Å². The molecule has 0 radical (unpaired) electrons. The summed E-state index contributed by atoms with van der Waals surface area (Å²) in [5, 5.41) is 13.0. The van der Waals surface area contributed by atoms with Gasteiger partial charge in [0.2, 0.25) is 0 Å². The molecular formula is C15H17F3N4O. The van der Waals surface area contributed by atoms with Gasteiger partial charge in [-0.05, 0) is 30.9 Å². The van der Waals surface area contributed by atoms with Crippen molar-refractivity contribution in [2.45, 2.75) is 37.7 Å². The number of hydrogen-bond acceptors (Lipinski definition) is 4. The number of pyridine rings is 1. The van der Waals surface area contributed by atoms with E-state index in [0.29, 0.717) is 19.4 Å². The quantitative estimate of drug-likeness (QED) is 0.906. The molecular weight excluding hydrogens is 309 g/mol. The Labute approximate surface area is 131 Å². The zero-order valence-electron chi connectivity index (χ0n) is 12.2. The molecule has 0 bridgehead atoms. The third-order valence-electron chi connectivity index (χ3n) is 4.07. The van der Waals surface area contributed by atoms with Crippen LogP contribution in [0, 0.1) is 5.92 Å². The Bertz CT molecular complexity index is 644. The van der Waals surface area contributed by atoms with Crippen LogP contribution in [0.2, 0.25) is 0 Å². The van der Waals surface area contributed by atoms with Gasteiger partial charge < -0.3 is 15.0 Å². The Morgan fingerprint density at radius 3 is 2.83 bits per heavy atom. The first-order valence-corrected chi connectivity index (χ1v) is 7.36. The molecule has 0 aliphatic heterocycles. The lowest BCUT2D eigenvalue weighted by atomic mass is 10.1. The highest BCUT2D eigenvalue weighted by Crippen LogP contribution is 2.35. The number of anilines is 1. The lowest BCUT2D eigenvalue weighted by Gasteiger charge is -2.20. The molecule has 0 amide bonds. The van der Waals surface area contributed by atoms with E-state index in [1.165, 1.54) is 12.1 Å². The predicted octanol–water partition coefficient (Wildman–Crippen LogP) is 2.55. The summed E-state index contributed by atoms with van der Waals surface area (Å²) < 4.78 is 40.8. The molecule has 2 heterocycles. The van der Waals surface area contributed by atoms with Gasteiger partial charge >= 0.3 is 6.18 Å². The van der Waals surface area contributed by atoms with E-state index >= 15 is 0 Å². The van der Waals surface area contributed by atoms with Crippen molar-refractivity contribution in [1.82, 2.24) is 14.5 Å². The summed E-state index contributed by atoms with van der Waals surface area (Å²) in [6.07, 6.45) is 2.22. The number of alkyl halides is 3. The second-order valence-electron chi connectivity index (χ2n) is 5.81. The fraction of sp³-hybridized carbons (Fsp3) is 0.467. The number of aromatic nitrogens is 3. The van der Waals surface area contributed by atoms with Crippen molar-refractivity contribution in [3.05, 3.63) is 42.7 Å². The number of halogens is 3. The molecule has 1 aliphatic carbocycles. The van der Waals surface area contributed by atoms with Crippen LogP contribution >= 0.6 is 0 Å². The first-order chi connectivity index (χ1) is 10.9. The van der Waals surface area contributed by atoms with Crippen LogP contribution in [0.1, 0.15) is 18.5 Å². The maximum Gasteiger partial charge on any atom is 0.435 e. The molecule has 23 heavy (non-hydrogen) atoms. The predicted molar refractivity (Wildman–Crippen MR) is 77.6 cm³/mol.